The Balaban J connectivity index is 1.42. The second kappa shape index (κ2) is 9.36. The molecule has 0 saturated carbocycles. The Morgan fingerprint density at radius 2 is 1.89 bits per heavy atom. The Morgan fingerprint density at radius 3 is 2.59 bits per heavy atom. The lowest BCUT2D eigenvalue weighted by Crippen LogP contribution is -2.42. The van der Waals surface area contributed by atoms with E-state index >= 15 is 0 Å². The summed E-state index contributed by atoms with van der Waals surface area (Å²) < 4.78 is 0. The smallest absolute Gasteiger partial charge is 0.313 e. The van der Waals surface area contributed by atoms with E-state index in [9.17, 15) is 9.59 Å². The highest BCUT2D eigenvalue weighted by Crippen LogP contribution is 2.20. The van der Waals surface area contributed by atoms with Gasteiger partial charge in [0.2, 0.25) is 5.95 Å². The van der Waals surface area contributed by atoms with Crippen molar-refractivity contribution in [3.8, 4) is 0 Å². The van der Waals surface area contributed by atoms with Crippen LogP contribution >= 0.6 is 11.8 Å². The third kappa shape index (κ3) is 5.43. The summed E-state index contributed by atoms with van der Waals surface area (Å²) in [7, 11) is 0. The summed E-state index contributed by atoms with van der Waals surface area (Å²) in [5.74, 6) is -0.143. The lowest BCUT2D eigenvalue weighted by Gasteiger charge is -2.31. The minimum Gasteiger partial charge on any atom is -0.348 e. The molecule has 1 fully saturated rings. The highest BCUT2D eigenvalue weighted by Gasteiger charge is 2.22. The SMILES string of the molecule is CSc1cccc(NC(=O)C(=O)NCC2CCN(c3ncccn3)CC2)c1. The third-order valence-electron chi connectivity index (χ3n) is 4.53. The van der Waals surface area contributed by atoms with Gasteiger partial charge in [-0.25, -0.2) is 9.97 Å². The van der Waals surface area contributed by atoms with E-state index in [0.29, 0.717) is 18.2 Å². The Hall–Kier alpha value is -2.61. The predicted molar refractivity (Wildman–Crippen MR) is 107 cm³/mol. The van der Waals surface area contributed by atoms with Crippen molar-refractivity contribution in [1.29, 1.82) is 0 Å². The molecule has 0 aliphatic carbocycles. The van der Waals surface area contributed by atoms with Gasteiger partial charge in [-0.05, 0) is 49.3 Å². The van der Waals surface area contributed by atoms with Gasteiger partial charge < -0.3 is 15.5 Å². The Kier molecular flexibility index (Phi) is 6.64. The molecule has 142 valence electrons. The first-order chi connectivity index (χ1) is 13.2. The quantitative estimate of drug-likeness (QED) is 0.606. The molecule has 1 aromatic carbocycles. The van der Waals surface area contributed by atoms with Gasteiger partial charge in [0.25, 0.3) is 0 Å². The van der Waals surface area contributed by atoms with Gasteiger partial charge in [-0.15, -0.1) is 11.8 Å². The summed E-state index contributed by atoms with van der Waals surface area (Å²) in [6.45, 7) is 2.19. The predicted octanol–water partition coefficient (Wildman–Crippen LogP) is 2.17. The van der Waals surface area contributed by atoms with Crippen molar-refractivity contribution in [3.05, 3.63) is 42.7 Å². The molecule has 0 unspecified atom stereocenters. The second-order valence-corrected chi connectivity index (χ2v) is 7.25. The van der Waals surface area contributed by atoms with Crippen LogP contribution < -0.4 is 15.5 Å². The molecule has 1 saturated heterocycles. The van der Waals surface area contributed by atoms with E-state index in [-0.39, 0.29) is 0 Å². The molecule has 0 spiro atoms. The summed E-state index contributed by atoms with van der Waals surface area (Å²) in [5.41, 5.74) is 0.623. The van der Waals surface area contributed by atoms with E-state index in [0.717, 1.165) is 36.8 Å². The molecule has 0 bridgehead atoms. The maximum atomic E-state index is 12.1. The molecule has 1 aliphatic rings. The molecule has 1 aromatic heterocycles. The van der Waals surface area contributed by atoms with Gasteiger partial charge in [0, 0.05) is 42.6 Å². The maximum absolute atomic E-state index is 12.1. The lowest BCUT2D eigenvalue weighted by atomic mass is 9.97. The molecule has 2 aromatic rings. The fourth-order valence-corrected chi connectivity index (χ4v) is 3.46. The van der Waals surface area contributed by atoms with Gasteiger partial charge >= 0.3 is 11.8 Å². The number of nitrogens with one attached hydrogen (secondary N) is 2. The van der Waals surface area contributed by atoms with Gasteiger partial charge in [0.1, 0.15) is 0 Å². The minimum atomic E-state index is -0.636. The molecular formula is C19H23N5O2S. The summed E-state index contributed by atoms with van der Waals surface area (Å²) in [4.78, 5) is 35.8. The topological polar surface area (TPSA) is 87.2 Å². The number of nitrogens with zero attached hydrogens (tertiary/aromatic N) is 3. The number of rotatable bonds is 5. The number of hydrogen-bond donors (Lipinski definition) is 2. The third-order valence-corrected chi connectivity index (χ3v) is 5.26. The number of piperidine rings is 1. The van der Waals surface area contributed by atoms with Crippen molar-refractivity contribution in [2.45, 2.75) is 17.7 Å². The van der Waals surface area contributed by atoms with Crippen LogP contribution in [0.5, 0.6) is 0 Å². The largest absolute Gasteiger partial charge is 0.348 e. The van der Waals surface area contributed by atoms with Crippen LogP contribution in [0.1, 0.15) is 12.8 Å². The average molecular weight is 385 g/mol. The molecule has 2 amide bonds. The average Bonchev–Trinajstić information content (AvgIpc) is 2.73. The van der Waals surface area contributed by atoms with Crippen LogP contribution in [0, 0.1) is 5.92 Å². The van der Waals surface area contributed by atoms with Crippen molar-refractivity contribution in [2.24, 2.45) is 5.92 Å². The summed E-state index contributed by atoms with van der Waals surface area (Å²) in [6, 6.07) is 9.22. The van der Waals surface area contributed by atoms with E-state index < -0.39 is 11.8 Å². The van der Waals surface area contributed by atoms with Gasteiger partial charge in [-0.3, -0.25) is 9.59 Å². The number of carbonyl (C=O) groups is 2. The maximum Gasteiger partial charge on any atom is 0.313 e. The summed E-state index contributed by atoms with van der Waals surface area (Å²) in [6.07, 6.45) is 7.29. The van der Waals surface area contributed by atoms with E-state index in [4.69, 9.17) is 0 Å². The van der Waals surface area contributed by atoms with Crippen molar-refractivity contribution in [1.82, 2.24) is 15.3 Å². The molecule has 8 heteroatoms. The van der Waals surface area contributed by atoms with Crippen molar-refractivity contribution < 1.29 is 9.59 Å². The van der Waals surface area contributed by atoms with Crippen LogP contribution in [0.25, 0.3) is 0 Å². The first-order valence-corrected chi connectivity index (χ1v) is 10.1. The monoisotopic (exact) mass is 385 g/mol. The van der Waals surface area contributed by atoms with Crippen LogP contribution in [0.15, 0.2) is 47.6 Å². The van der Waals surface area contributed by atoms with Gasteiger partial charge in [-0.2, -0.15) is 0 Å². The van der Waals surface area contributed by atoms with Crippen LogP contribution in [0.4, 0.5) is 11.6 Å². The Bertz CT molecular complexity index is 779. The fourth-order valence-electron chi connectivity index (χ4n) is 3.00. The van der Waals surface area contributed by atoms with E-state index in [1.54, 1.807) is 36.3 Å². The number of anilines is 2. The normalized spacial score (nSPS) is 14.6. The molecular weight excluding hydrogens is 362 g/mol. The standard InChI is InChI=1S/C19H23N5O2S/c1-27-16-5-2-4-15(12-16)23-18(26)17(25)22-13-14-6-10-24(11-7-14)19-20-8-3-9-21-19/h2-5,8-9,12,14H,6-7,10-11,13H2,1H3,(H,22,25)(H,23,26). The molecule has 7 nitrogen and oxygen atoms in total. The van der Waals surface area contributed by atoms with Gasteiger partial charge in [0.15, 0.2) is 0 Å². The number of amides is 2. The molecule has 0 atom stereocenters. The first-order valence-electron chi connectivity index (χ1n) is 8.91. The van der Waals surface area contributed by atoms with E-state index in [1.165, 1.54) is 0 Å². The van der Waals surface area contributed by atoms with Crippen LogP contribution in [0.3, 0.4) is 0 Å². The Labute approximate surface area is 163 Å². The molecule has 2 N–H and O–H groups in total. The summed E-state index contributed by atoms with van der Waals surface area (Å²) in [5, 5.41) is 5.39. The number of aromatic nitrogens is 2. The van der Waals surface area contributed by atoms with Crippen LogP contribution in [0.2, 0.25) is 0 Å². The molecule has 3 rings (SSSR count). The Morgan fingerprint density at radius 1 is 1.15 bits per heavy atom. The number of benzene rings is 1. The molecule has 1 aliphatic heterocycles. The zero-order chi connectivity index (χ0) is 19.1. The highest BCUT2D eigenvalue weighted by molar-refractivity contribution is 7.98. The van der Waals surface area contributed by atoms with Crippen molar-refractivity contribution in [2.75, 3.05) is 36.1 Å². The van der Waals surface area contributed by atoms with Crippen LogP contribution in [-0.2, 0) is 9.59 Å². The number of carbonyl (C=O) groups excluding carboxylic acids is 2. The second-order valence-electron chi connectivity index (χ2n) is 6.38. The van der Waals surface area contributed by atoms with Gasteiger partial charge in [-0.1, -0.05) is 6.07 Å². The van der Waals surface area contributed by atoms with E-state index in [1.807, 2.05) is 24.5 Å². The lowest BCUT2D eigenvalue weighted by molar-refractivity contribution is -0.136. The zero-order valence-corrected chi connectivity index (χ0v) is 16.0. The first kappa shape index (κ1) is 19.2. The molecule has 2 heterocycles. The van der Waals surface area contributed by atoms with Crippen molar-refractivity contribution in [3.63, 3.8) is 0 Å². The van der Waals surface area contributed by atoms with Crippen molar-refractivity contribution >= 4 is 35.2 Å². The van der Waals surface area contributed by atoms with Gasteiger partial charge in [0.05, 0.1) is 0 Å². The number of thioether (sulfide) groups is 1. The molecule has 27 heavy (non-hydrogen) atoms. The minimum absolute atomic E-state index is 0.349. The zero-order valence-electron chi connectivity index (χ0n) is 15.2. The number of hydrogen-bond acceptors (Lipinski definition) is 6. The highest BCUT2D eigenvalue weighted by atomic mass is 32.2. The molecule has 0 radical (unpaired) electrons. The van der Waals surface area contributed by atoms with Crippen LogP contribution in [-0.4, -0.2) is 47.7 Å². The fraction of sp³-hybridized carbons (Fsp3) is 0.368. The van der Waals surface area contributed by atoms with E-state index in [2.05, 4.69) is 25.5 Å². The summed E-state index contributed by atoms with van der Waals surface area (Å²) >= 11 is 1.58.